The molecule has 6 heteroatoms. The van der Waals surface area contributed by atoms with Gasteiger partial charge in [-0.1, -0.05) is 6.92 Å². The van der Waals surface area contributed by atoms with Gasteiger partial charge >= 0.3 is 5.82 Å². The largest absolute Gasteiger partial charge is 0.358 e. The SMILES string of the molecule is CCCn1c([N+](=O)[O-])cnc1C=O. The van der Waals surface area contributed by atoms with E-state index in [1.165, 1.54) is 4.57 Å². The van der Waals surface area contributed by atoms with E-state index in [4.69, 9.17) is 0 Å². The molecular weight excluding hydrogens is 174 g/mol. The Hall–Kier alpha value is -1.72. The van der Waals surface area contributed by atoms with Crippen molar-refractivity contribution in [2.45, 2.75) is 19.9 Å². The van der Waals surface area contributed by atoms with Crippen LogP contribution in [0.2, 0.25) is 0 Å². The van der Waals surface area contributed by atoms with E-state index in [0.29, 0.717) is 12.8 Å². The molecule has 0 aliphatic heterocycles. The first kappa shape index (κ1) is 9.37. The summed E-state index contributed by atoms with van der Waals surface area (Å²) in [5, 5.41) is 10.5. The summed E-state index contributed by atoms with van der Waals surface area (Å²) >= 11 is 0. The van der Waals surface area contributed by atoms with E-state index in [9.17, 15) is 14.9 Å². The Morgan fingerprint density at radius 1 is 1.77 bits per heavy atom. The molecule has 0 N–H and O–H groups in total. The smallest absolute Gasteiger partial charge is 0.343 e. The van der Waals surface area contributed by atoms with E-state index >= 15 is 0 Å². The quantitative estimate of drug-likeness (QED) is 0.396. The molecule has 0 aliphatic rings. The van der Waals surface area contributed by atoms with Gasteiger partial charge in [0.1, 0.15) is 6.20 Å². The van der Waals surface area contributed by atoms with Crippen LogP contribution in [0.4, 0.5) is 5.82 Å². The monoisotopic (exact) mass is 183 g/mol. The van der Waals surface area contributed by atoms with E-state index in [1.54, 1.807) is 0 Å². The highest BCUT2D eigenvalue weighted by atomic mass is 16.6. The average molecular weight is 183 g/mol. The van der Waals surface area contributed by atoms with E-state index < -0.39 is 4.92 Å². The Morgan fingerprint density at radius 3 is 2.92 bits per heavy atom. The lowest BCUT2D eigenvalue weighted by molar-refractivity contribution is -0.392. The molecule has 1 aromatic rings. The number of rotatable bonds is 4. The molecule has 1 aromatic heterocycles. The molecule has 1 heterocycles. The van der Waals surface area contributed by atoms with Crippen molar-refractivity contribution in [2.24, 2.45) is 0 Å². The van der Waals surface area contributed by atoms with Crippen molar-refractivity contribution in [3.05, 3.63) is 22.1 Å². The lowest BCUT2D eigenvalue weighted by atomic mass is 10.4. The van der Waals surface area contributed by atoms with Crippen molar-refractivity contribution in [2.75, 3.05) is 0 Å². The second kappa shape index (κ2) is 3.79. The number of carbonyl (C=O) groups is 1. The van der Waals surface area contributed by atoms with Crippen molar-refractivity contribution >= 4 is 12.1 Å². The highest BCUT2D eigenvalue weighted by Gasteiger charge is 2.18. The molecule has 0 atom stereocenters. The molecule has 6 nitrogen and oxygen atoms in total. The normalized spacial score (nSPS) is 9.92. The lowest BCUT2D eigenvalue weighted by Gasteiger charge is -1.98. The molecule has 0 spiro atoms. The minimum Gasteiger partial charge on any atom is -0.358 e. The summed E-state index contributed by atoms with van der Waals surface area (Å²) in [6.45, 7) is 2.31. The van der Waals surface area contributed by atoms with Crippen molar-refractivity contribution in [1.29, 1.82) is 0 Å². The molecular formula is C7H9N3O3. The van der Waals surface area contributed by atoms with E-state index in [1.807, 2.05) is 6.92 Å². The van der Waals surface area contributed by atoms with Crippen LogP contribution in [0.5, 0.6) is 0 Å². The van der Waals surface area contributed by atoms with Gasteiger partial charge < -0.3 is 10.1 Å². The number of nitrogens with zero attached hydrogens (tertiary/aromatic N) is 3. The summed E-state index contributed by atoms with van der Waals surface area (Å²) < 4.78 is 1.30. The first-order valence-corrected chi connectivity index (χ1v) is 3.85. The van der Waals surface area contributed by atoms with E-state index in [0.717, 1.165) is 12.6 Å². The third-order valence-corrected chi connectivity index (χ3v) is 1.61. The minimum atomic E-state index is -0.546. The van der Waals surface area contributed by atoms with E-state index in [2.05, 4.69) is 4.98 Å². The van der Waals surface area contributed by atoms with Crippen LogP contribution in [-0.4, -0.2) is 20.8 Å². The van der Waals surface area contributed by atoms with Crippen LogP contribution in [-0.2, 0) is 6.54 Å². The highest BCUT2D eigenvalue weighted by molar-refractivity contribution is 5.70. The van der Waals surface area contributed by atoms with Crippen LogP contribution in [0.25, 0.3) is 0 Å². The zero-order valence-electron chi connectivity index (χ0n) is 7.14. The molecule has 0 saturated heterocycles. The van der Waals surface area contributed by atoms with Crippen molar-refractivity contribution in [3.8, 4) is 0 Å². The third kappa shape index (κ3) is 1.71. The number of nitro groups is 1. The second-order valence-electron chi connectivity index (χ2n) is 2.50. The summed E-state index contributed by atoms with van der Waals surface area (Å²) in [5.41, 5.74) is 0. The number of carbonyl (C=O) groups excluding carboxylic acids is 1. The van der Waals surface area contributed by atoms with Crippen LogP contribution in [0.15, 0.2) is 6.20 Å². The molecule has 0 bridgehead atoms. The van der Waals surface area contributed by atoms with E-state index in [-0.39, 0.29) is 11.6 Å². The molecule has 0 fully saturated rings. The summed E-state index contributed by atoms with van der Waals surface area (Å²) in [5.74, 6) is -0.0301. The van der Waals surface area contributed by atoms with Gasteiger partial charge in [0.2, 0.25) is 6.29 Å². The first-order chi connectivity index (χ1) is 6.20. The van der Waals surface area contributed by atoms with Gasteiger partial charge in [-0.15, -0.1) is 0 Å². The number of hydrogen-bond donors (Lipinski definition) is 0. The van der Waals surface area contributed by atoms with Gasteiger partial charge in [0.15, 0.2) is 0 Å². The van der Waals surface area contributed by atoms with Gasteiger partial charge in [-0.05, 0) is 11.3 Å². The Balaban J connectivity index is 3.13. The molecule has 1 rings (SSSR count). The summed E-state index contributed by atoms with van der Waals surface area (Å²) in [4.78, 5) is 24.0. The molecule has 0 aromatic carbocycles. The number of aldehydes is 1. The zero-order chi connectivity index (χ0) is 9.84. The Bertz CT molecular complexity index is 332. The summed E-state index contributed by atoms with van der Waals surface area (Å²) in [6.07, 6.45) is 2.33. The van der Waals surface area contributed by atoms with Gasteiger partial charge in [-0.3, -0.25) is 4.79 Å². The second-order valence-corrected chi connectivity index (χ2v) is 2.50. The number of hydrogen-bond acceptors (Lipinski definition) is 4. The fourth-order valence-electron chi connectivity index (χ4n) is 1.07. The number of aromatic nitrogens is 2. The lowest BCUT2D eigenvalue weighted by Crippen LogP contribution is -2.06. The number of imidazole rings is 1. The molecule has 0 aliphatic carbocycles. The van der Waals surface area contributed by atoms with Gasteiger partial charge in [-0.25, -0.2) is 9.55 Å². The predicted octanol–water partition coefficient (Wildman–Crippen LogP) is 1.01. The maximum absolute atomic E-state index is 10.5. The standard InChI is InChI=1S/C7H9N3O3/c1-2-3-9-6(5-11)8-4-7(9)10(12)13/h4-5H,2-3H2,1H3. The molecule has 0 radical (unpaired) electrons. The Morgan fingerprint density at radius 2 is 2.46 bits per heavy atom. The topological polar surface area (TPSA) is 78.0 Å². The Kier molecular flexibility index (Phi) is 2.73. The van der Waals surface area contributed by atoms with Crippen LogP contribution in [0.3, 0.4) is 0 Å². The molecule has 0 amide bonds. The van der Waals surface area contributed by atoms with Gasteiger partial charge in [0.25, 0.3) is 5.82 Å². The molecule has 13 heavy (non-hydrogen) atoms. The zero-order valence-corrected chi connectivity index (χ0v) is 7.14. The maximum atomic E-state index is 10.5. The Labute approximate surface area is 74.3 Å². The van der Waals surface area contributed by atoms with Crippen molar-refractivity contribution < 1.29 is 9.72 Å². The average Bonchev–Trinajstić information content (AvgIpc) is 2.48. The predicted molar refractivity (Wildman–Crippen MR) is 44.6 cm³/mol. The third-order valence-electron chi connectivity index (χ3n) is 1.61. The first-order valence-electron chi connectivity index (χ1n) is 3.85. The molecule has 0 unspecified atom stereocenters. The minimum absolute atomic E-state index is 0.105. The van der Waals surface area contributed by atoms with Crippen LogP contribution < -0.4 is 0 Å². The van der Waals surface area contributed by atoms with Crippen molar-refractivity contribution in [3.63, 3.8) is 0 Å². The van der Waals surface area contributed by atoms with Crippen LogP contribution >= 0.6 is 0 Å². The van der Waals surface area contributed by atoms with Gasteiger partial charge in [-0.2, -0.15) is 0 Å². The highest BCUT2D eigenvalue weighted by Crippen LogP contribution is 2.13. The van der Waals surface area contributed by atoms with Crippen LogP contribution in [0.1, 0.15) is 24.0 Å². The van der Waals surface area contributed by atoms with Gasteiger partial charge in [0, 0.05) is 0 Å². The van der Waals surface area contributed by atoms with Gasteiger partial charge in [0.05, 0.1) is 6.54 Å². The molecule has 70 valence electrons. The molecule has 0 saturated carbocycles. The fourth-order valence-corrected chi connectivity index (χ4v) is 1.07. The van der Waals surface area contributed by atoms with Crippen molar-refractivity contribution in [1.82, 2.24) is 9.55 Å². The summed E-state index contributed by atoms with van der Waals surface area (Å²) in [7, 11) is 0. The fraction of sp³-hybridized carbons (Fsp3) is 0.429. The summed E-state index contributed by atoms with van der Waals surface area (Å²) in [6, 6.07) is 0. The maximum Gasteiger partial charge on any atom is 0.343 e. The van der Waals surface area contributed by atoms with Crippen LogP contribution in [0, 0.1) is 10.1 Å².